The summed E-state index contributed by atoms with van der Waals surface area (Å²) in [6, 6.07) is 14.3. The molecule has 2 aromatic carbocycles. The van der Waals surface area contributed by atoms with E-state index in [1.807, 2.05) is 54.9 Å². The third-order valence-electron chi connectivity index (χ3n) is 4.30. The molecule has 1 aromatic heterocycles. The SMILES string of the molecule is Cc1cccc(C)c1NC(=S)N/N=C/c1cccn1Cc1ccc(F)cc1Cl. The van der Waals surface area contributed by atoms with Gasteiger partial charge in [0.1, 0.15) is 5.82 Å². The zero-order chi connectivity index (χ0) is 20.1. The molecule has 0 unspecified atom stereocenters. The molecule has 0 spiro atoms. The van der Waals surface area contributed by atoms with Gasteiger partial charge in [-0.15, -0.1) is 0 Å². The molecule has 0 aliphatic rings. The second-order valence-corrected chi connectivity index (χ2v) is 7.20. The van der Waals surface area contributed by atoms with Crippen LogP contribution in [0.5, 0.6) is 0 Å². The number of hydrogen-bond acceptors (Lipinski definition) is 2. The highest BCUT2D eigenvalue weighted by Gasteiger charge is 2.06. The quantitative estimate of drug-likeness (QED) is 0.339. The third kappa shape index (κ3) is 4.97. The van der Waals surface area contributed by atoms with Crippen molar-refractivity contribution in [2.45, 2.75) is 20.4 Å². The van der Waals surface area contributed by atoms with Crippen LogP contribution in [-0.2, 0) is 6.54 Å². The molecule has 7 heteroatoms. The van der Waals surface area contributed by atoms with E-state index in [4.69, 9.17) is 23.8 Å². The van der Waals surface area contributed by atoms with Crippen LogP contribution in [-0.4, -0.2) is 15.9 Å². The maximum Gasteiger partial charge on any atom is 0.191 e. The lowest BCUT2D eigenvalue weighted by Gasteiger charge is -2.12. The van der Waals surface area contributed by atoms with Crippen molar-refractivity contribution in [1.29, 1.82) is 0 Å². The molecule has 0 radical (unpaired) electrons. The van der Waals surface area contributed by atoms with Crippen LogP contribution in [0, 0.1) is 19.7 Å². The molecule has 0 saturated carbocycles. The first kappa shape index (κ1) is 20.0. The van der Waals surface area contributed by atoms with E-state index in [9.17, 15) is 4.39 Å². The largest absolute Gasteiger partial charge is 0.342 e. The Kier molecular flexibility index (Phi) is 6.44. The highest BCUT2D eigenvalue weighted by atomic mass is 35.5. The van der Waals surface area contributed by atoms with Crippen LogP contribution in [0.2, 0.25) is 5.02 Å². The first-order valence-corrected chi connectivity index (χ1v) is 9.48. The molecule has 0 saturated heterocycles. The zero-order valence-electron chi connectivity index (χ0n) is 15.5. The van der Waals surface area contributed by atoms with Gasteiger partial charge in [-0.05, 0) is 67.0 Å². The Morgan fingerprint density at radius 3 is 2.64 bits per heavy atom. The van der Waals surface area contributed by atoms with Gasteiger partial charge in [-0.25, -0.2) is 4.39 Å². The van der Waals surface area contributed by atoms with Gasteiger partial charge in [0.25, 0.3) is 0 Å². The monoisotopic (exact) mass is 414 g/mol. The van der Waals surface area contributed by atoms with Gasteiger partial charge in [0, 0.05) is 23.5 Å². The number of halogens is 2. The first-order valence-electron chi connectivity index (χ1n) is 8.69. The van der Waals surface area contributed by atoms with E-state index < -0.39 is 0 Å². The van der Waals surface area contributed by atoms with Crippen LogP contribution in [0.4, 0.5) is 10.1 Å². The predicted molar refractivity (Wildman–Crippen MR) is 118 cm³/mol. The number of nitrogens with one attached hydrogen (secondary N) is 2. The molecule has 3 rings (SSSR count). The maximum absolute atomic E-state index is 13.2. The fourth-order valence-electron chi connectivity index (χ4n) is 2.83. The predicted octanol–water partition coefficient (Wildman–Crippen LogP) is 5.27. The van der Waals surface area contributed by atoms with Crippen LogP contribution in [0.25, 0.3) is 0 Å². The molecule has 0 aliphatic carbocycles. The molecule has 1 heterocycles. The number of anilines is 1. The van der Waals surface area contributed by atoms with Gasteiger partial charge in [-0.3, -0.25) is 5.43 Å². The number of para-hydroxylation sites is 1. The zero-order valence-corrected chi connectivity index (χ0v) is 17.1. The van der Waals surface area contributed by atoms with Crippen molar-refractivity contribution < 1.29 is 4.39 Å². The highest BCUT2D eigenvalue weighted by molar-refractivity contribution is 7.80. The normalized spacial score (nSPS) is 11.0. The topological polar surface area (TPSA) is 41.4 Å². The summed E-state index contributed by atoms with van der Waals surface area (Å²) in [4.78, 5) is 0. The van der Waals surface area contributed by atoms with Gasteiger partial charge in [0.15, 0.2) is 5.11 Å². The van der Waals surface area contributed by atoms with Crippen molar-refractivity contribution in [2.24, 2.45) is 5.10 Å². The van der Waals surface area contributed by atoms with Crippen molar-refractivity contribution >= 4 is 40.8 Å². The van der Waals surface area contributed by atoms with Gasteiger partial charge in [-0.2, -0.15) is 5.10 Å². The van der Waals surface area contributed by atoms with Gasteiger partial charge in [0.2, 0.25) is 0 Å². The Labute approximate surface area is 174 Å². The molecule has 0 atom stereocenters. The molecular weight excluding hydrogens is 395 g/mol. The van der Waals surface area contributed by atoms with Crippen molar-refractivity contribution in [1.82, 2.24) is 9.99 Å². The van der Waals surface area contributed by atoms with Crippen LogP contribution in [0.3, 0.4) is 0 Å². The van der Waals surface area contributed by atoms with Crippen molar-refractivity contribution in [2.75, 3.05) is 5.32 Å². The molecule has 28 heavy (non-hydrogen) atoms. The Hall–Kier alpha value is -2.70. The van der Waals surface area contributed by atoms with Gasteiger partial charge >= 0.3 is 0 Å². The summed E-state index contributed by atoms with van der Waals surface area (Å²) < 4.78 is 15.2. The van der Waals surface area contributed by atoms with Crippen LogP contribution in [0.1, 0.15) is 22.4 Å². The second-order valence-electron chi connectivity index (χ2n) is 6.39. The molecule has 0 fully saturated rings. The first-order chi connectivity index (χ1) is 13.4. The number of hydrazone groups is 1. The molecule has 0 aliphatic heterocycles. The molecule has 4 nitrogen and oxygen atoms in total. The molecule has 3 aromatic rings. The average Bonchev–Trinajstić information content (AvgIpc) is 3.08. The molecule has 0 bridgehead atoms. The van der Waals surface area contributed by atoms with E-state index in [-0.39, 0.29) is 5.82 Å². The minimum absolute atomic E-state index is 0.350. The number of aromatic nitrogens is 1. The Morgan fingerprint density at radius 2 is 1.93 bits per heavy atom. The van der Waals surface area contributed by atoms with Crippen molar-refractivity contribution in [3.63, 3.8) is 0 Å². The lowest BCUT2D eigenvalue weighted by atomic mass is 10.1. The highest BCUT2D eigenvalue weighted by Crippen LogP contribution is 2.20. The molecule has 2 N–H and O–H groups in total. The summed E-state index contributed by atoms with van der Waals surface area (Å²) >= 11 is 11.4. The van der Waals surface area contributed by atoms with E-state index in [1.165, 1.54) is 12.1 Å². The molecular formula is C21H20ClFN4S. The Bertz CT molecular complexity index is 1010. The number of nitrogens with zero attached hydrogens (tertiary/aromatic N) is 2. The molecule has 144 valence electrons. The fraction of sp³-hybridized carbons (Fsp3) is 0.143. The summed E-state index contributed by atoms with van der Waals surface area (Å²) in [5.74, 6) is -0.350. The average molecular weight is 415 g/mol. The van der Waals surface area contributed by atoms with Crippen molar-refractivity contribution in [3.05, 3.63) is 88.0 Å². The standard InChI is InChI=1S/C21H20ClFN4S/c1-14-5-3-6-15(2)20(14)25-21(28)26-24-12-18-7-4-10-27(18)13-16-8-9-17(23)11-19(16)22/h3-12H,13H2,1-2H3,(H2,25,26,28)/b24-12+. The van der Waals surface area contributed by atoms with E-state index >= 15 is 0 Å². The van der Waals surface area contributed by atoms with E-state index in [0.29, 0.717) is 16.7 Å². The smallest absolute Gasteiger partial charge is 0.191 e. The summed E-state index contributed by atoms with van der Waals surface area (Å²) in [5, 5.41) is 8.20. The van der Waals surface area contributed by atoms with E-state index in [2.05, 4.69) is 15.8 Å². The summed E-state index contributed by atoms with van der Waals surface area (Å²) in [6.07, 6.45) is 3.59. The summed E-state index contributed by atoms with van der Waals surface area (Å²) in [6.45, 7) is 4.56. The Morgan fingerprint density at radius 1 is 1.18 bits per heavy atom. The van der Waals surface area contributed by atoms with Crippen LogP contribution < -0.4 is 10.7 Å². The van der Waals surface area contributed by atoms with Gasteiger partial charge in [0.05, 0.1) is 11.9 Å². The summed E-state index contributed by atoms with van der Waals surface area (Å²) in [7, 11) is 0. The fourth-order valence-corrected chi connectivity index (χ4v) is 3.21. The lowest BCUT2D eigenvalue weighted by Crippen LogP contribution is -2.24. The number of hydrogen-bond donors (Lipinski definition) is 2. The van der Waals surface area contributed by atoms with Gasteiger partial charge < -0.3 is 9.88 Å². The maximum atomic E-state index is 13.2. The summed E-state index contributed by atoms with van der Waals surface area (Å²) in [5.41, 5.74) is 7.72. The number of rotatable bonds is 5. The minimum atomic E-state index is -0.350. The van der Waals surface area contributed by atoms with Crippen molar-refractivity contribution in [3.8, 4) is 0 Å². The van der Waals surface area contributed by atoms with E-state index in [1.54, 1.807) is 12.3 Å². The molecule has 0 amide bonds. The van der Waals surface area contributed by atoms with Gasteiger partial charge in [-0.1, -0.05) is 35.9 Å². The minimum Gasteiger partial charge on any atom is -0.342 e. The van der Waals surface area contributed by atoms with Crippen LogP contribution in [0.15, 0.2) is 59.8 Å². The van der Waals surface area contributed by atoms with Crippen LogP contribution >= 0.6 is 23.8 Å². The lowest BCUT2D eigenvalue weighted by molar-refractivity contribution is 0.626. The Balaban J connectivity index is 1.64. The number of thiocarbonyl (C=S) groups is 1. The van der Waals surface area contributed by atoms with E-state index in [0.717, 1.165) is 28.1 Å². The number of aryl methyl sites for hydroxylation is 2. The number of benzene rings is 2. The second kappa shape index (κ2) is 8.99. The third-order valence-corrected chi connectivity index (χ3v) is 4.85.